The van der Waals surface area contributed by atoms with E-state index in [-0.39, 0.29) is 11.7 Å². The molecule has 2 aromatic heterocycles. The summed E-state index contributed by atoms with van der Waals surface area (Å²) in [4.78, 5) is 12.5. The lowest BCUT2D eigenvalue weighted by atomic mass is 9.95. The van der Waals surface area contributed by atoms with E-state index in [4.69, 9.17) is 0 Å². The number of hydrogen-bond acceptors (Lipinski definition) is 5. The first-order valence-electron chi connectivity index (χ1n) is 8.91. The maximum Gasteiger partial charge on any atom is 0.235 e. The molecule has 0 aromatic carbocycles. The summed E-state index contributed by atoms with van der Waals surface area (Å²) < 4.78 is 3.95. The number of carbonyl (C=O) groups is 1. The highest BCUT2D eigenvalue weighted by molar-refractivity contribution is 7.99. The highest BCUT2D eigenvalue weighted by atomic mass is 32.2. The molecule has 138 valence electrons. The van der Waals surface area contributed by atoms with E-state index in [0.717, 1.165) is 24.1 Å². The van der Waals surface area contributed by atoms with Gasteiger partial charge in [0.1, 0.15) is 18.2 Å². The fourth-order valence-corrected chi connectivity index (χ4v) is 4.27. The average Bonchev–Trinajstić information content (AvgIpc) is 3.15. The molecule has 1 saturated carbocycles. The van der Waals surface area contributed by atoms with Crippen molar-refractivity contribution in [1.82, 2.24) is 19.3 Å². The lowest BCUT2D eigenvalue weighted by Crippen LogP contribution is -2.21. The Labute approximate surface area is 157 Å². The zero-order valence-corrected chi connectivity index (χ0v) is 16.3. The van der Waals surface area contributed by atoms with Crippen LogP contribution < -0.4 is 5.32 Å². The lowest BCUT2D eigenvalue weighted by molar-refractivity contribution is -0.113. The van der Waals surface area contributed by atoms with Crippen LogP contribution in [0.2, 0.25) is 0 Å². The smallest absolute Gasteiger partial charge is 0.235 e. The third-order valence-electron chi connectivity index (χ3n) is 5.07. The number of amides is 1. The molecule has 0 radical (unpaired) electrons. The van der Waals surface area contributed by atoms with Crippen LogP contribution in [0.5, 0.6) is 0 Å². The van der Waals surface area contributed by atoms with E-state index in [1.54, 1.807) is 10.9 Å². The van der Waals surface area contributed by atoms with E-state index in [1.807, 2.05) is 20.9 Å². The van der Waals surface area contributed by atoms with Crippen LogP contribution in [0, 0.1) is 25.2 Å². The number of hydrogen-bond donors (Lipinski definition) is 1. The molecular weight excluding hydrogens is 348 g/mol. The first kappa shape index (κ1) is 18.5. The van der Waals surface area contributed by atoms with Gasteiger partial charge < -0.3 is 14.5 Å². The van der Waals surface area contributed by atoms with Crippen molar-refractivity contribution >= 4 is 23.5 Å². The minimum Gasteiger partial charge on any atom is -0.327 e. The van der Waals surface area contributed by atoms with Crippen LogP contribution in [0.15, 0.2) is 11.5 Å². The molecule has 0 saturated heterocycles. The fraction of sp³-hybridized carbons (Fsp3) is 0.556. The fourth-order valence-electron chi connectivity index (χ4n) is 3.58. The molecule has 1 amide bonds. The Bertz CT molecular complexity index is 841. The van der Waals surface area contributed by atoms with Crippen LogP contribution in [-0.2, 0) is 11.8 Å². The molecule has 3 rings (SSSR count). The summed E-state index contributed by atoms with van der Waals surface area (Å²) in [7, 11) is 1.84. The number of aryl methyl sites for hydroxylation is 1. The van der Waals surface area contributed by atoms with E-state index >= 15 is 0 Å². The molecule has 2 aromatic rings. The second kappa shape index (κ2) is 7.96. The monoisotopic (exact) mass is 372 g/mol. The molecule has 7 nitrogen and oxygen atoms in total. The summed E-state index contributed by atoms with van der Waals surface area (Å²) in [5.41, 5.74) is 2.60. The Morgan fingerprint density at radius 1 is 1.38 bits per heavy atom. The van der Waals surface area contributed by atoms with Gasteiger partial charge in [0, 0.05) is 18.8 Å². The summed E-state index contributed by atoms with van der Waals surface area (Å²) in [6.07, 6.45) is 7.44. The van der Waals surface area contributed by atoms with Gasteiger partial charge in [-0.1, -0.05) is 31.0 Å². The quantitative estimate of drug-likeness (QED) is 0.813. The van der Waals surface area contributed by atoms with Crippen molar-refractivity contribution in [3.05, 3.63) is 23.1 Å². The molecule has 0 unspecified atom stereocenters. The Balaban J connectivity index is 1.81. The van der Waals surface area contributed by atoms with Crippen molar-refractivity contribution in [2.75, 3.05) is 11.1 Å². The number of thioether (sulfide) groups is 1. The lowest BCUT2D eigenvalue weighted by Gasteiger charge is -2.27. The molecular formula is C18H24N6OS. The summed E-state index contributed by atoms with van der Waals surface area (Å²) >= 11 is 1.33. The minimum atomic E-state index is -0.135. The molecule has 2 heterocycles. The van der Waals surface area contributed by atoms with Crippen LogP contribution in [0.3, 0.4) is 0 Å². The zero-order chi connectivity index (χ0) is 18.7. The third kappa shape index (κ3) is 3.63. The third-order valence-corrected chi connectivity index (χ3v) is 6.10. The molecule has 0 spiro atoms. The Kier molecular flexibility index (Phi) is 5.67. The number of nitriles is 1. The van der Waals surface area contributed by atoms with Gasteiger partial charge in [0.05, 0.1) is 11.3 Å². The molecule has 0 atom stereocenters. The molecule has 8 heteroatoms. The van der Waals surface area contributed by atoms with Crippen LogP contribution in [0.4, 0.5) is 5.82 Å². The summed E-state index contributed by atoms with van der Waals surface area (Å²) in [6, 6.07) is 2.63. The van der Waals surface area contributed by atoms with Crippen LogP contribution >= 0.6 is 11.8 Å². The highest BCUT2D eigenvalue weighted by Gasteiger charge is 2.25. The Morgan fingerprint density at radius 2 is 2.12 bits per heavy atom. The van der Waals surface area contributed by atoms with E-state index in [1.165, 1.54) is 31.0 Å². The second-order valence-corrected chi connectivity index (χ2v) is 7.71. The molecule has 1 fully saturated rings. The molecule has 0 aliphatic heterocycles. The van der Waals surface area contributed by atoms with Gasteiger partial charge in [0.2, 0.25) is 5.91 Å². The number of nitrogens with one attached hydrogen (secondary N) is 1. The highest BCUT2D eigenvalue weighted by Crippen LogP contribution is 2.36. The zero-order valence-electron chi connectivity index (χ0n) is 15.4. The number of carbonyl (C=O) groups excluding carboxylic acids is 1. The van der Waals surface area contributed by atoms with Crippen molar-refractivity contribution < 1.29 is 4.79 Å². The maximum absolute atomic E-state index is 12.5. The standard InChI is InChI=1S/C18H24N6OS/c1-12-13(2)24(14-7-5-4-6-8-14)17(15(12)9-19)21-16(25)10-26-18-22-20-11-23(18)3/h11,14H,4-8,10H2,1-3H3,(H,21,25). The van der Waals surface area contributed by atoms with Crippen molar-refractivity contribution in [3.63, 3.8) is 0 Å². The van der Waals surface area contributed by atoms with E-state index in [0.29, 0.717) is 22.6 Å². The van der Waals surface area contributed by atoms with Crippen molar-refractivity contribution in [1.29, 1.82) is 5.26 Å². The van der Waals surface area contributed by atoms with Crippen molar-refractivity contribution in [2.45, 2.75) is 57.1 Å². The molecule has 1 N–H and O–H groups in total. The first-order valence-corrected chi connectivity index (χ1v) is 9.89. The van der Waals surface area contributed by atoms with Gasteiger partial charge in [0.15, 0.2) is 5.16 Å². The minimum absolute atomic E-state index is 0.135. The van der Waals surface area contributed by atoms with Gasteiger partial charge in [-0.2, -0.15) is 5.26 Å². The van der Waals surface area contributed by atoms with E-state index in [9.17, 15) is 10.1 Å². The summed E-state index contributed by atoms with van der Waals surface area (Å²) in [6.45, 7) is 3.99. The predicted molar refractivity (Wildman–Crippen MR) is 101 cm³/mol. The Hall–Kier alpha value is -2.27. The summed E-state index contributed by atoms with van der Waals surface area (Å²) in [5.74, 6) is 0.743. The predicted octanol–water partition coefficient (Wildman–Crippen LogP) is 3.34. The number of anilines is 1. The molecule has 1 aliphatic carbocycles. The largest absolute Gasteiger partial charge is 0.327 e. The molecule has 0 bridgehead atoms. The molecule has 1 aliphatic rings. The van der Waals surface area contributed by atoms with E-state index < -0.39 is 0 Å². The van der Waals surface area contributed by atoms with Gasteiger partial charge in [-0.05, 0) is 32.3 Å². The SMILES string of the molecule is Cc1c(C#N)c(NC(=O)CSc2nncn2C)n(C2CCCCC2)c1C. The second-order valence-electron chi connectivity index (χ2n) is 6.77. The van der Waals surface area contributed by atoms with Crippen molar-refractivity contribution in [2.24, 2.45) is 7.05 Å². The van der Waals surface area contributed by atoms with Crippen LogP contribution in [0.25, 0.3) is 0 Å². The van der Waals surface area contributed by atoms with Crippen LogP contribution in [-0.4, -0.2) is 31.0 Å². The van der Waals surface area contributed by atoms with Gasteiger partial charge in [-0.15, -0.1) is 10.2 Å². The topological polar surface area (TPSA) is 88.5 Å². The average molecular weight is 372 g/mol. The number of nitrogens with zero attached hydrogens (tertiary/aromatic N) is 5. The summed E-state index contributed by atoms with van der Waals surface area (Å²) in [5, 5.41) is 21.1. The Morgan fingerprint density at radius 3 is 2.73 bits per heavy atom. The van der Waals surface area contributed by atoms with Crippen LogP contribution in [0.1, 0.15) is 55.0 Å². The molecule has 26 heavy (non-hydrogen) atoms. The van der Waals surface area contributed by atoms with E-state index in [2.05, 4.69) is 26.2 Å². The van der Waals surface area contributed by atoms with Gasteiger partial charge in [0.25, 0.3) is 0 Å². The maximum atomic E-state index is 12.5. The number of aromatic nitrogens is 4. The van der Waals surface area contributed by atoms with Gasteiger partial charge in [-0.3, -0.25) is 4.79 Å². The number of rotatable bonds is 5. The normalized spacial score (nSPS) is 15.0. The van der Waals surface area contributed by atoms with Gasteiger partial charge in [-0.25, -0.2) is 0 Å². The van der Waals surface area contributed by atoms with Crippen molar-refractivity contribution in [3.8, 4) is 6.07 Å². The van der Waals surface area contributed by atoms with Gasteiger partial charge >= 0.3 is 0 Å². The first-order chi connectivity index (χ1) is 12.5.